The van der Waals surface area contributed by atoms with Crippen LogP contribution in [0.2, 0.25) is 0 Å². The average Bonchev–Trinajstić information content (AvgIpc) is 2.60. The van der Waals surface area contributed by atoms with Gasteiger partial charge in [0.05, 0.1) is 19.7 Å². The first-order chi connectivity index (χ1) is 12.7. The quantitative estimate of drug-likeness (QED) is 0.503. The van der Waals surface area contributed by atoms with Crippen molar-refractivity contribution in [1.82, 2.24) is 15.5 Å². The number of aliphatic imine (C=N–C) groups is 1. The Balaban J connectivity index is 2.65. The van der Waals surface area contributed by atoms with Gasteiger partial charge in [-0.2, -0.15) is 13.2 Å². The van der Waals surface area contributed by atoms with Gasteiger partial charge in [-0.25, -0.2) is 4.99 Å². The van der Waals surface area contributed by atoms with Gasteiger partial charge >= 0.3 is 6.18 Å². The molecule has 1 amide bonds. The topological polar surface area (TPSA) is 66.0 Å². The maximum atomic E-state index is 12.1. The van der Waals surface area contributed by atoms with Crippen molar-refractivity contribution in [3.63, 3.8) is 0 Å². The highest BCUT2D eigenvalue weighted by Gasteiger charge is 2.27. The molecular weight excluding hydrogens is 361 g/mol. The number of carbonyl (C=O) groups is 1. The van der Waals surface area contributed by atoms with Gasteiger partial charge in [-0.05, 0) is 17.5 Å². The van der Waals surface area contributed by atoms with E-state index >= 15 is 0 Å². The number of rotatable bonds is 9. The van der Waals surface area contributed by atoms with E-state index in [1.54, 1.807) is 32.3 Å². The summed E-state index contributed by atoms with van der Waals surface area (Å²) in [5.74, 6) is 0.426. The molecule has 0 spiro atoms. The standard InChI is InChI=1S/C18H27F3N4O2/c1-4-8-22-17(24-11-16(26)25(2)3)23-10-14-6-5-7-15(9-14)12-27-13-18(19,20)21/h5-7,9H,4,8,10-13H2,1-3H3,(H2,22,23,24). The van der Waals surface area contributed by atoms with Crippen LogP contribution in [-0.4, -0.2) is 56.7 Å². The molecule has 27 heavy (non-hydrogen) atoms. The average molecular weight is 388 g/mol. The van der Waals surface area contributed by atoms with E-state index in [1.807, 2.05) is 13.0 Å². The number of ether oxygens (including phenoxy) is 1. The summed E-state index contributed by atoms with van der Waals surface area (Å²) in [6, 6.07) is 7.04. The van der Waals surface area contributed by atoms with Crippen molar-refractivity contribution in [3.05, 3.63) is 35.4 Å². The zero-order valence-electron chi connectivity index (χ0n) is 15.9. The molecule has 1 aromatic carbocycles. The van der Waals surface area contributed by atoms with Crippen LogP contribution < -0.4 is 10.6 Å². The molecule has 0 heterocycles. The summed E-state index contributed by atoms with van der Waals surface area (Å²) in [4.78, 5) is 17.6. The number of alkyl halides is 3. The van der Waals surface area contributed by atoms with Gasteiger partial charge in [0, 0.05) is 20.6 Å². The van der Waals surface area contributed by atoms with Crippen LogP contribution in [0.25, 0.3) is 0 Å². The molecule has 0 saturated carbocycles. The maximum Gasteiger partial charge on any atom is 0.411 e. The van der Waals surface area contributed by atoms with Crippen molar-refractivity contribution in [2.45, 2.75) is 32.7 Å². The number of benzene rings is 1. The number of carbonyl (C=O) groups excluding carboxylic acids is 1. The van der Waals surface area contributed by atoms with Gasteiger partial charge < -0.3 is 20.3 Å². The van der Waals surface area contributed by atoms with E-state index in [0.717, 1.165) is 12.0 Å². The van der Waals surface area contributed by atoms with Gasteiger partial charge in [0.2, 0.25) is 5.91 Å². The third kappa shape index (κ3) is 10.4. The van der Waals surface area contributed by atoms with Gasteiger partial charge in [0.25, 0.3) is 0 Å². The molecule has 0 aromatic heterocycles. The lowest BCUT2D eigenvalue weighted by molar-refractivity contribution is -0.176. The van der Waals surface area contributed by atoms with Crippen LogP contribution in [-0.2, 0) is 22.7 Å². The van der Waals surface area contributed by atoms with Crippen molar-refractivity contribution in [3.8, 4) is 0 Å². The Morgan fingerprint density at radius 3 is 2.56 bits per heavy atom. The molecule has 0 radical (unpaired) electrons. The zero-order valence-corrected chi connectivity index (χ0v) is 15.9. The molecule has 0 atom stereocenters. The van der Waals surface area contributed by atoms with E-state index in [1.165, 1.54) is 4.90 Å². The van der Waals surface area contributed by atoms with Crippen LogP contribution in [0.4, 0.5) is 13.2 Å². The second-order valence-corrected chi connectivity index (χ2v) is 6.16. The SMILES string of the molecule is CCCNC(=NCc1cccc(COCC(F)(F)F)c1)NCC(=O)N(C)C. The van der Waals surface area contributed by atoms with Gasteiger partial charge in [-0.3, -0.25) is 4.79 Å². The fourth-order valence-corrected chi connectivity index (χ4v) is 2.01. The first-order valence-electron chi connectivity index (χ1n) is 8.66. The highest BCUT2D eigenvalue weighted by atomic mass is 19.4. The third-order valence-corrected chi connectivity index (χ3v) is 3.39. The minimum atomic E-state index is -4.34. The van der Waals surface area contributed by atoms with Gasteiger partial charge in [0.1, 0.15) is 6.61 Å². The number of hydrogen-bond acceptors (Lipinski definition) is 3. The van der Waals surface area contributed by atoms with E-state index in [0.29, 0.717) is 24.6 Å². The van der Waals surface area contributed by atoms with E-state index < -0.39 is 12.8 Å². The Kier molecular flexibility index (Phi) is 9.63. The Bertz CT molecular complexity index is 619. The molecule has 9 heteroatoms. The van der Waals surface area contributed by atoms with Crippen molar-refractivity contribution in [2.75, 3.05) is 33.8 Å². The summed E-state index contributed by atoms with van der Waals surface area (Å²) in [6.45, 7) is 1.77. The molecule has 152 valence electrons. The molecular formula is C18H27F3N4O2. The minimum Gasteiger partial charge on any atom is -0.367 e. The molecule has 6 nitrogen and oxygen atoms in total. The molecule has 0 aliphatic heterocycles. The Hall–Kier alpha value is -2.29. The summed E-state index contributed by atoms with van der Waals surface area (Å²) in [7, 11) is 3.35. The van der Waals surface area contributed by atoms with Gasteiger partial charge in [-0.1, -0.05) is 31.2 Å². The fourth-order valence-electron chi connectivity index (χ4n) is 2.01. The summed E-state index contributed by atoms with van der Waals surface area (Å²) >= 11 is 0. The molecule has 2 N–H and O–H groups in total. The number of likely N-dealkylation sites (N-methyl/N-ethyl adjacent to an activating group) is 1. The number of hydrogen-bond donors (Lipinski definition) is 2. The molecule has 0 unspecified atom stereocenters. The normalized spacial score (nSPS) is 12.0. The maximum absolute atomic E-state index is 12.1. The van der Waals surface area contributed by atoms with E-state index in [4.69, 9.17) is 0 Å². The Morgan fingerprint density at radius 2 is 1.93 bits per heavy atom. The third-order valence-electron chi connectivity index (χ3n) is 3.39. The fraction of sp³-hybridized carbons (Fsp3) is 0.556. The van der Waals surface area contributed by atoms with Crippen LogP contribution in [0.3, 0.4) is 0 Å². The number of nitrogens with zero attached hydrogens (tertiary/aromatic N) is 2. The predicted molar refractivity (Wildman–Crippen MR) is 98.3 cm³/mol. The lowest BCUT2D eigenvalue weighted by Crippen LogP contribution is -2.43. The first-order valence-corrected chi connectivity index (χ1v) is 8.66. The second-order valence-electron chi connectivity index (χ2n) is 6.16. The van der Waals surface area contributed by atoms with Crippen LogP contribution in [0.1, 0.15) is 24.5 Å². The minimum absolute atomic E-state index is 0.0789. The summed E-state index contributed by atoms with van der Waals surface area (Å²) < 4.78 is 41.1. The largest absolute Gasteiger partial charge is 0.411 e. The highest BCUT2D eigenvalue weighted by molar-refractivity contribution is 5.86. The van der Waals surface area contributed by atoms with E-state index in [9.17, 15) is 18.0 Å². The summed E-state index contributed by atoms with van der Waals surface area (Å²) in [5.41, 5.74) is 1.48. The molecule has 1 aromatic rings. The lowest BCUT2D eigenvalue weighted by Gasteiger charge is -2.14. The summed E-state index contributed by atoms with van der Waals surface area (Å²) in [6.07, 6.45) is -3.44. The first kappa shape index (κ1) is 22.8. The monoisotopic (exact) mass is 388 g/mol. The molecule has 1 rings (SSSR count). The number of halogens is 3. The second kappa shape index (κ2) is 11.4. The number of amides is 1. The van der Waals surface area contributed by atoms with Crippen molar-refractivity contribution >= 4 is 11.9 Å². The van der Waals surface area contributed by atoms with Crippen LogP contribution in [0, 0.1) is 0 Å². The zero-order chi connectivity index (χ0) is 20.3. The van der Waals surface area contributed by atoms with Crippen molar-refractivity contribution in [2.24, 2.45) is 4.99 Å². The molecule has 0 saturated heterocycles. The predicted octanol–water partition coefficient (Wildman–Crippen LogP) is 2.30. The van der Waals surface area contributed by atoms with Gasteiger partial charge in [0.15, 0.2) is 5.96 Å². The molecule has 0 bridgehead atoms. The van der Waals surface area contributed by atoms with Crippen molar-refractivity contribution < 1.29 is 22.7 Å². The van der Waals surface area contributed by atoms with Crippen LogP contribution >= 0.6 is 0 Å². The number of nitrogens with one attached hydrogen (secondary N) is 2. The van der Waals surface area contributed by atoms with Crippen LogP contribution in [0.5, 0.6) is 0 Å². The number of guanidine groups is 1. The Morgan fingerprint density at radius 1 is 1.22 bits per heavy atom. The molecule has 0 aliphatic rings. The van der Waals surface area contributed by atoms with Gasteiger partial charge in [-0.15, -0.1) is 0 Å². The summed E-state index contributed by atoms with van der Waals surface area (Å²) in [5, 5.41) is 6.09. The lowest BCUT2D eigenvalue weighted by atomic mass is 10.1. The van der Waals surface area contributed by atoms with Crippen LogP contribution in [0.15, 0.2) is 29.3 Å². The smallest absolute Gasteiger partial charge is 0.367 e. The molecule has 0 fully saturated rings. The highest BCUT2D eigenvalue weighted by Crippen LogP contribution is 2.16. The van der Waals surface area contributed by atoms with E-state index in [2.05, 4.69) is 20.4 Å². The molecule has 0 aliphatic carbocycles. The van der Waals surface area contributed by atoms with E-state index in [-0.39, 0.29) is 19.1 Å². The van der Waals surface area contributed by atoms with Crippen molar-refractivity contribution in [1.29, 1.82) is 0 Å². The Labute approximate surface area is 157 Å².